The van der Waals surface area contributed by atoms with Crippen LogP contribution in [0.5, 0.6) is 0 Å². The van der Waals surface area contributed by atoms with Gasteiger partial charge in [0.25, 0.3) is 0 Å². The number of allylic oxidation sites excluding steroid dienone is 2. The van der Waals surface area contributed by atoms with Crippen molar-refractivity contribution in [1.29, 1.82) is 0 Å². The molecule has 1 N–H and O–H groups in total. The Bertz CT molecular complexity index is 1080. The number of nitrogens with one attached hydrogen (secondary N) is 1. The quantitative estimate of drug-likeness (QED) is 0.250. The number of unbranched alkanes of at least 4 members (excludes halogenated alkanes) is 1. The van der Waals surface area contributed by atoms with Crippen LogP contribution in [0.3, 0.4) is 0 Å². The largest absolute Gasteiger partial charge is 0.465 e. The molecule has 0 spiro atoms. The Balaban J connectivity index is 0.000000595. The molecule has 2 unspecified atom stereocenters. The number of benzene rings is 1. The molecule has 1 aliphatic carbocycles. The van der Waals surface area contributed by atoms with Gasteiger partial charge in [0.1, 0.15) is 10.7 Å². The Hall–Kier alpha value is -3.29. The third-order valence-corrected chi connectivity index (χ3v) is 6.43. The Morgan fingerprint density at radius 2 is 1.72 bits per heavy atom. The van der Waals surface area contributed by atoms with Crippen LogP contribution in [-0.2, 0) is 19.1 Å². The van der Waals surface area contributed by atoms with E-state index in [1.807, 2.05) is 6.92 Å². The van der Waals surface area contributed by atoms with Gasteiger partial charge in [0, 0.05) is 18.9 Å². The van der Waals surface area contributed by atoms with Crippen LogP contribution in [0, 0.1) is 5.92 Å². The topological polar surface area (TPSA) is 81.7 Å². The molecular formula is C32H45NO5S. The molecule has 6 nitrogen and oxygen atoms in total. The number of Topliss-reactive ketones (excluding diaryl/α,β-unsaturated/α-hetero) is 1. The summed E-state index contributed by atoms with van der Waals surface area (Å²) in [5.41, 5.74) is 4.70. The lowest BCUT2D eigenvalue weighted by molar-refractivity contribution is -0.119. The van der Waals surface area contributed by atoms with Gasteiger partial charge >= 0.3 is 5.97 Å². The van der Waals surface area contributed by atoms with Gasteiger partial charge in [-0.1, -0.05) is 87.9 Å². The minimum atomic E-state index is -0.415. The molecule has 0 fully saturated rings. The summed E-state index contributed by atoms with van der Waals surface area (Å²) in [6, 6.07) is 10.2. The van der Waals surface area contributed by atoms with E-state index >= 15 is 0 Å². The molecule has 1 heterocycles. The standard InChI is InChI=1S/C13H19NO3S.C12H14O.C4H6.C3H6O/c1-4-5-6-9(2)12(15)14-10-7-8-18-11(10)13(16)17-3;1-9-7-10-5-3-4-6-11(10)12(9)8-13-2;1-3-4-2;1-3(2)4/h7-9H,4-6H2,1-3H3,(H,14,15);3-7,12H,8H2,1-2H3;3-4H,1-2H2;1-2H3. The van der Waals surface area contributed by atoms with Gasteiger partial charge in [-0.05, 0) is 49.8 Å². The molecule has 214 valence electrons. The van der Waals surface area contributed by atoms with E-state index in [0.29, 0.717) is 16.5 Å². The van der Waals surface area contributed by atoms with Crippen molar-refractivity contribution >= 4 is 40.8 Å². The zero-order valence-corrected chi connectivity index (χ0v) is 25.4. The summed E-state index contributed by atoms with van der Waals surface area (Å²) >= 11 is 1.26. The van der Waals surface area contributed by atoms with E-state index < -0.39 is 5.97 Å². The molecule has 1 aliphatic rings. The van der Waals surface area contributed by atoms with Crippen LogP contribution in [0.1, 0.15) is 80.6 Å². The van der Waals surface area contributed by atoms with Crippen molar-refractivity contribution in [1.82, 2.24) is 0 Å². The van der Waals surface area contributed by atoms with Gasteiger partial charge in [-0.15, -0.1) is 11.3 Å². The maximum absolute atomic E-state index is 11.9. The highest BCUT2D eigenvalue weighted by molar-refractivity contribution is 7.12. The summed E-state index contributed by atoms with van der Waals surface area (Å²) < 4.78 is 9.87. The van der Waals surface area contributed by atoms with Gasteiger partial charge in [-0.3, -0.25) is 4.79 Å². The number of esters is 1. The van der Waals surface area contributed by atoms with Crippen molar-refractivity contribution in [2.75, 3.05) is 26.1 Å². The molecule has 1 aromatic heterocycles. The number of anilines is 1. The molecule has 1 aromatic carbocycles. The molecular weight excluding hydrogens is 510 g/mol. The SMILES string of the molecule is C=CC=C.CC(C)=O.CCCCC(C)C(=O)Nc1ccsc1C(=O)OC.COCC1C(C)=Cc2ccccc21. The number of ketones is 1. The number of ether oxygens (including phenoxy) is 2. The lowest BCUT2D eigenvalue weighted by Gasteiger charge is -2.12. The molecule has 2 aromatic rings. The molecule has 39 heavy (non-hydrogen) atoms. The van der Waals surface area contributed by atoms with Gasteiger partial charge in [0.15, 0.2) is 0 Å². The van der Waals surface area contributed by atoms with E-state index in [1.54, 1.807) is 30.7 Å². The van der Waals surface area contributed by atoms with E-state index in [-0.39, 0.29) is 17.6 Å². The van der Waals surface area contributed by atoms with E-state index in [1.165, 1.54) is 49.0 Å². The van der Waals surface area contributed by atoms with E-state index in [0.717, 1.165) is 25.9 Å². The fraction of sp³-hybridized carbons (Fsp3) is 0.406. The minimum Gasteiger partial charge on any atom is -0.465 e. The van der Waals surface area contributed by atoms with Gasteiger partial charge < -0.3 is 19.6 Å². The Kier molecular flexibility index (Phi) is 18.9. The zero-order chi connectivity index (χ0) is 29.8. The van der Waals surface area contributed by atoms with Crippen molar-refractivity contribution < 1.29 is 23.9 Å². The molecule has 0 bridgehead atoms. The van der Waals surface area contributed by atoms with Crippen LogP contribution in [0.15, 0.2) is 66.6 Å². The first kappa shape index (κ1) is 35.7. The second kappa shape index (κ2) is 20.6. The summed E-state index contributed by atoms with van der Waals surface area (Å²) in [6.45, 7) is 16.7. The van der Waals surface area contributed by atoms with E-state index in [4.69, 9.17) is 4.74 Å². The Morgan fingerprint density at radius 3 is 2.26 bits per heavy atom. The summed E-state index contributed by atoms with van der Waals surface area (Å²) in [6.07, 6.45) is 8.49. The van der Waals surface area contributed by atoms with Gasteiger partial charge in [-0.2, -0.15) is 0 Å². The molecule has 1 amide bonds. The summed E-state index contributed by atoms with van der Waals surface area (Å²) in [7, 11) is 3.09. The van der Waals surface area contributed by atoms with Gasteiger partial charge in [-0.25, -0.2) is 4.79 Å². The number of carbonyl (C=O) groups excluding carboxylic acids is 3. The fourth-order valence-electron chi connectivity index (χ4n) is 3.49. The molecule has 2 atom stereocenters. The number of fused-ring (bicyclic) bond motifs is 1. The number of thiophene rings is 1. The first-order chi connectivity index (χ1) is 18.6. The van der Waals surface area contributed by atoms with Crippen LogP contribution < -0.4 is 5.32 Å². The Labute approximate surface area is 238 Å². The summed E-state index contributed by atoms with van der Waals surface area (Å²) in [5, 5.41) is 4.55. The maximum Gasteiger partial charge on any atom is 0.350 e. The molecule has 7 heteroatoms. The predicted molar refractivity (Wildman–Crippen MR) is 164 cm³/mol. The summed E-state index contributed by atoms with van der Waals surface area (Å²) in [4.78, 5) is 33.3. The molecule has 3 rings (SSSR count). The first-order valence-corrected chi connectivity index (χ1v) is 13.9. The van der Waals surface area contributed by atoms with Crippen molar-refractivity contribution in [3.63, 3.8) is 0 Å². The lowest BCUT2D eigenvalue weighted by atomic mass is 9.98. The lowest BCUT2D eigenvalue weighted by Crippen LogP contribution is -2.21. The molecule has 0 aliphatic heterocycles. The van der Waals surface area contributed by atoms with Gasteiger partial charge in [0.05, 0.1) is 19.4 Å². The average molecular weight is 556 g/mol. The number of rotatable bonds is 9. The predicted octanol–water partition coefficient (Wildman–Crippen LogP) is 8.09. The second-order valence-electron chi connectivity index (χ2n) is 9.09. The van der Waals surface area contributed by atoms with E-state index in [9.17, 15) is 14.4 Å². The second-order valence-corrected chi connectivity index (χ2v) is 10.0. The van der Waals surface area contributed by atoms with Crippen molar-refractivity contribution in [2.45, 2.75) is 59.8 Å². The van der Waals surface area contributed by atoms with Crippen LogP contribution >= 0.6 is 11.3 Å². The monoisotopic (exact) mass is 555 g/mol. The number of hydrogen-bond acceptors (Lipinski definition) is 6. The van der Waals surface area contributed by atoms with Crippen molar-refractivity contribution in [2.24, 2.45) is 5.92 Å². The molecule has 0 radical (unpaired) electrons. The van der Waals surface area contributed by atoms with Crippen molar-refractivity contribution in [3.8, 4) is 0 Å². The van der Waals surface area contributed by atoms with Crippen LogP contribution in [0.2, 0.25) is 0 Å². The van der Waals surface area contributed by atoms with Crippen LogP contribution in [-0.4, -0.2) is 38.5 Å². The highest BCUT2D eigenvalue weighted by Gasteiger charge is 2.21. The number of amides is 1. The normalized spacial score (nSPS) is 13.3. The third kappa shape index (κ3) is 13.9. The average Bonchev–Trinajstić information content (AvgIpc) is 3.51. The van der Waals surface area contributed by atoms with Crippen molar-refractivity contribution in [3.05, 3.63) is 82.6 Å². The molecule has 0 saturated carbocycles. The minimum absolute atomic E-state index is 0.0460. The first-order valence-electron chi connectivity index (χ1n) is 13.0. The maximum atomic E-state index is 11.9. The number of hydrogen-bond donors (Lipinski definition) is 1. The van der Waals surface area contributed by atoms with Crippen LogP contribution in [0.25, 0.3) is 6.08 Å². The zero-order valence-electron chi connectivity index (χ0n) is 24.5. The Morgan fingerprint density at radius 1 is 1.10 bits per heavy atom. The molecule has 0 saturated heterocycles. The fourth-order valence-corrected chi connectivity index (χ4v) is 4.26. The highest BCUT2D eigenvalue weighted by atomic mass is 32.1. The van der Waals surface area contributed by atoms with Gasteiger partial charge in [0.2, 0.25) is 5.91 Å². The summed E-state index contributed by atoms with van der Waals surface area (Å²) in [5.74, 6) is 0.130. The smallest absolute Gasteiger partial charge is 0.350 e. The number of methoxy groups -OCH3 is 2. The van der Waals surface area contributed by atoms with Crippen LogP contribution in [0.4, 0.5) is 5.69 Å². The third-order valence-electron chi connectivity index (χ3n) is 5.54. The van der Waals surface area contributed by atoms with E-state index in [2.05, 4.69) is 67.4 Å². The highest BCUT2D eigenvalue weighted by Crippen LogP contribution is 2.35. The number of carbonyl (C=O) groups is 3.